The van der Waals surface area contributed by atoms with Crippen molar-refractivity contribution in [3.63, 3.8) is 0 Å². The van der Waals surface area contributed by atoms with Gasteiger partial charge in [0, 0.05) is 56.6 Å². The molecule has 2 aromatic carbocycles. The number of piperidine rings is 1. The lowest BCUT2D eigenvalue weighted by Gasteiger charge is -2.38. The number of aromatic nitrogens is 5. The number of alkyl halides is 2. The van der Waals surface area contributed by atoms with Gasteiger partial charge in [0.05, 0.1) is 50.9 Å². The number of nitrogens with one attached hydrogen (secondary N) is 2. The Morgan fingerprint density at radius 3 is 2.35 bits per heavy atom. The van der Waals surface area contributed by atoms with Crippen LogP contribution >= 0.6 is 23.2 Å². The van der Waals surface area contributed by atoms with Crippen LogP contribution < -0.4 is 10.6 Å². The summed E-state index contributed by atoms with van der Waals surface area (Å²) in [6.07, 6.45) is 2.14. The quantitative estimate of drug-likeness (QED) is 0.124. The number of aryl methyl sites for hydroxylation is 1. The normalized spacial score (nSPS) is 19.8. The van der Waals surface area contributed by atoms with Gasteiger partial charge in [0.25, 0.3) is 12.3 Å². The third-order valence-electron chi connectivity index (χ3n) is 10.4. The van der Waals surface area contributed by atoms with Gasteiger partial charge in [-0.2, -0.15) is 5.10 Å². The number of aliphatic hydroxyl groups excluding tert-OH is 2. The Bertz CT molecular complexity index is 2200. The molecule has 0 saturated carbocycles. The first-order valence-corrected chi connectivity index (χ1v) is 18.9. The Morgan fingerprint density at radius 1 is 0.907 bits per heavy atom. The maximum Gasteiger partial charge on any atom is 0.297 e. The smallest absolute Gasteiger partial charge is 0.297 e. The zero-order chi connectivity index (χ0) is 37.5. The van der Waals surface area contributed by atoms with Gasteiger partial charge in [-0.05, 0) is 61.9 Å². The van der Waals surface area contributed by atoms with Crippen molar-refractivity contribution in [2.75, 3.05) is 36.8 Å². The molecule has 12 nitrogen and oxygen atoms in total. The first-order chi connectivity index (χ1) is 26.1. The number of hydrogen-bond donors (Lipinski definition) is 4. The van der Waals surface area contributed by atoms with E-state index in [1.54, 1.807) is 48.7 Å². The van der Waals surface area contributed by atoms with Crippen molar-refractivity contribution in [2.24, 2.45) is 0 Å². The summed E-state index contributed by atoms with van der Waals surface area (Å²) in [4.78, 5) is 30.7. The van der Waals surface area contributed by atoms with Crippen molar-refractivity contribution < 1.29 is 23.8 Å². The Labute approximate surface area is 320 Å². The number of carbonyl (C=O) groups is 1. The number of fused-ring (bicyclic) bond motifs is 2. The van der Waals surface area contributed by atoms with Crippen molar-refractivity contribution in [3.05, 3.63) is 87.5 Å². The molecular weight excluding hydrogens is 739 g/mol. The predicted octanol–water partition coefficient (Wildman–Crippen LogP) is 6.99. The number of amides is 1. The molecule has 0 radical (unpaired) electrons. The van der Waals surface area contributed by atoms with Gasteiger partial charge in [0.2, 0.25) is 0 Å². The second kappa shape index (κ2) is 15.4. The number of hydrogen-bond acceptors (Lipinski definition) is 10. The van der Waals surface area contributed by atoms with Crippen LogP contribution in [0.2, 0.25) is 10.0 Å². The van der Waals surface area contributed by atoms with E-state index in [1.165, 1.54) is 0 Å². The summed E-state index contributed by atoms with van der Waals surface area (Å²) in [6, 6.07) is 14.1. The van der Waals surface area contributed by atoms with Gasteiger partial charge in [0.15, 0.2) is 17.3 Å². The summed E-state index contributed by atoms with van der Waals surface area (Å²) in [5, 5.41) is 31.1. The average molecular weight is 779 g/mol. The minimum atomic E-state index is -2.93. The highest BCUT2D eigenvalue weighted by Gasteiger charge is 2.31. The van der Waals surface area contributed by atoms with Crippen LogP contribution in [0.5, 0.6) is 0 Å². The molecule has 5 aromatic rings. The maximum absolute atomic E-state index is 14.0. The molecule has 54 heavy (non-hydrogen) atoms. The lowest BCUT2D eigenvalue weighted by atomic mass is 9.98. The molecule has 3 aliphatic heterocycles. The molecule has 16 heteroatoms. The van der Waals surface area contributed by atoms with Crippen LogP contribution in [0.25, 0.3) is 22.2 Å². The van der Waals surface area contributed by atoms with Gasteiger partial charge in [-0.1, -0.05) is 47.5 Å². The summed E-state index contributed by atoms with van der Waals surface area (Å²) < 4.78 is 29.9. The number of halogens is 4. The highest BCUT2D eigenvalue weighted by atomic mass is 35.5. The zero-order valence-corrected chi connectivity index (χ0v) is 30.7. The van der Waals surface area contributed by atoms with Crippen LogP contribution in [-0.2, 0) is 13.1 Å². The van der Waals surface area contributed by atoms with Gasteiger partial charge in [0.1, 0.15) is 5.52 Å². The lowest BCUT2D eigenvalue weighted by molar-refractivity contribution is 0.0512. The largest absolute Gasteiger partial charge is 0.393 e. The SMILES string of the molecule is O=C(Nc1cccc(-c2cccc(Nc3nc(C(F)F)nc4cc(CN5CC[C@@H](O)C5)cnc34)c2Cl)c1Cl)c1cc2n(n1)CCC[C@@H]2N1CCC(O)CC1. The van der Waals surface area contributed by atoms with E-state index >= 15 is 0 Å². The number of likely N-dealkylation sites (tertiary alicyclic amines) is 2. The molecule has 0 unspecified atom stereocenters. The molecule has 0 spiro atoms. The standard InChI is InChI=1S/C38H39Cl2F2N9O3/c39-32-24(4-1-6-26(32)44-36-34-28(45-37(47-36)35(41)42)16-21(18-43-34)19-49-13-9-23(53)20-49)25-5-2-7-27(33(25)40)46-38(54)29-17-31-30(8-3-12-51(31)48-29)50-14-10-22(52)11-15-50/h1-2,4-7,16-18,22-23,30,35,52-53H,3,8-15,19-20H2,(H,46,54)(H,44,45,47)/t23-,30+/m1/s1. The van der Waals surface area contributed by atoms with Crippen LogP contribution in [0.1, 0.15) is 72.1 Å². The minimum absolute atomic E-state index is 0.0625. The number of benzene rings is 2. The molecule has 0 aliphatic carbocycles. The van der Waals surface area contributed by atoms with Crippen molar-refractivity contribution in [3.8, 4) is 11.1 Å². The number of carbonyl (C=O) groups excluding carboxylic acids is 1. The summed E-state index contributed by atoms with van der Waals surface area (Å²) in [7, 11) is 0. The molecule has 3 aliphatic rings. The van der Waals surface area contributed by atoms with E-state index in [1.807, 2.05) is 10.7 Å². The van der Waals surface area contributed by atoms with E-state index in [2.05, 4.69) is 40.5 Å². The van der Waals surface area contributed by atoms with E-state index in [0.29, 0.717) is 42.0 Å². The van der Waals surface area contributed by atoms with Crippen LogP contribution in [-0.4, -0.2) is 89.0 Å². The van der Waals surface area contributed by atoms with Crippen molar-refractivity contribution in [2.45, 2.75) is 69.9 Å². The predicted molar refractivity (Wildman–Crippen MR) is 202 cm³/mol. The van der Waals surface area contributed by atoms with Crippen LogP contribution in [0.3, 0.4) is 0 Å². The Kier molecular flexibility index (Phi) is 10.5. The summed E-state index contributed by atoms with van der Waals surface area (Å²) in [5.41, 5.74) is 4.41. The third kappa shape index (κ3) is 7.51. The fourth-order valence-electron chi connectivity index (χ4n) is 7.69. The Hall–Kier alpha value is -4.31. The fraction of sp³-hybridized carbons (Fsp3) is 0.395. The molecule has 2 fully saturated rings. The van der Waals surface area contributed by atoms with Gasteiger partial charge < -0.3 is 20.8 Å². The second-order valence-electron chi connectivity index (χ2n) is 14.1. The van der Waals surface area contributed by atoms with Gasteiger partial charge in [-0.3, -0.25) is 24.3 Å². The van der Waals surface area contributed by atoms with Gasteiger partial charge >= 0.3 is 0 Å². The molecule has 0 bridgehead atoms. The highest BCUT2D eigenvalue weighted by molar-refractivity contribution is 6.39. The molecule has 6 heterocycles. The highest BCUT2D eigenvalue weighted by Crippen LogP contribution is 2.42. The number of pyridine rings is 1. The molecule has 4 N–H and O–H groups in total. The fourth-order valence-corrected chi connectivity index (χ4v) is 8.24. The molecular formula is C38H39Cl2F2N9O3. The van der Waals surface area contributed by atoms with Crippen LogP contribution in [0.15, 0.2) is 54.7 Å². The number of β-amino-alcohol motifs (C(OH)–C–C–N with tert-alkyl or cyclic N) is 1. The zero-order valence-electron chi connectivity index (χ0n) is 29.2. The van der Waals surface area contributed by atoms with Gasteiger partial charge in [-0.15, -0.1) is 0 Å². The van der Waals surface area contributed by atoms with E-state index < -0.39 is 18.2 Å². The molecule has 282 valence electrons. The van der Waals surface area contributed by atoms with Crippen LogP contribution in [0, 0.1) is 0 Å². The molecule has 2 saturated heterocycles. The van der Waals surface area contributed by atoms with E-state index in [-0.39, 0.29) is 50.8 Å². The number of rotatable bonds is 9. The Balaban J connectivity index is 1.04. The maximum atomic E-state index is 14.0. The van der Waals surface area contributed by atoms with Crippen molar-refractivity contribution >= 4 is 57.3 Å². The van der Waals surface area contributed by atoms with Gasteiger partial charge in [-0.25, -0.2) is 18.7 Å². The second-order valence-corrected chi connectivity index (χ2v) is 14.9. The van der Waals surface area contributed by atoms with Crippen LogP contribution in [0.4, 0.5) is 26.0 Å². The Morgan fingerprint density at radius 2 is 1.63 bits per heavy atom. The van der Waals surface area contributed by atoms with E-state index in [0.717, 1.165) is 63.1 Å². The molecule has 3 aromatic heterocycles. The molecule has 8 rings (SSSR count). The first-order valence-electron chi connectivity index (χ1n) is 18.1. The number of nitrogens with zero attached hydrogens (tertiary/aromatic N) is 7. The monoisotopic (exact) mass is 777 g/mol. The summed E-state index contributed by atoms with van der Waals surface area (Å²) in [6.45, 7) is 4.09. The number of anilines is 3. The van der Waals surface area contributed by atoms with E-state index in [9.17, 15) is 23.8 Å². The molecule has 1 amide bonds. The topological polar surface area (TPSA) is 145 Å². The minimum Gasteiger partial charge on any atom is -0.393 e. The first kappa shape index (κ1) is 36.7. The number of aliphatic hydroxyl groups is 2. The van der Waals surface area contributed by atoms with Crippen molar-refractivity contribution in [1.29, 1.82) is 0 Å². The van der Waals surface area contributed by atoms with Crippen molar-refractivity contribution in [1.82, 2.24) is 34.5 Å². The summed E-state index contributed by atoms with van der Waals surface area (Å²) in [5.74, 6) is -0.989. The average Bonchev–Trinajstić information content (AvgIpc) is 3.79. The van der Waals surface area contributed by atoms with E-state index in [4.69, 9.17) is 23.2 Å². The summed E-state index contributed by atoms with van der Waals surface area (Å²) >= 11 is 13.9. The third-order valence-corrected chi connectivity index (χ3v) is 11.2. The molecule has 2 atom stereocenters. The lowest BCUT2D eigenvalue weighted by Crippen LogP contribution is -2.40.